The van der Waals surface area contributed by atoms with E-state index in [2.05, 4.69) is 5.32 Å². The average molecular weight is 253 g/mol. The van der Waals surface area contributed by atoms with E-state index in [0.717, 1.165) is 12.0 Å². The zero-order valence-corrected chi connectivity index (χ0v) is 10.3. The lowest BCUT2D eigenvalue weighted by Crippen LogP contribution is -2.25. The second-order valence-corrected chi connectivity index (χ2v) is 3.74. The molecule has 1 rings (SSSR count). The molecule has 0 bridgehead atoms. The molecule has 0 spiro atoms. The number of hydrogen-bond donors (Lipinski definition) is 2. The monoisotopic (exact) mass is 253 g/mol. The predicted octanol–water partition coefficient (Wildman–Crippen LogP) is 1.88. The van der Waals surface area contributed by atoms with Crippen LogP contribution in [0.3, 0.4) is 0 Å². The van der Waals surface area contributed by atoms with Crippen LogP contribution >= 0.6 is 0 Å². The Kier molecular flexibility index (Phi) is 7.59. The molecule has 5 heteroatoms. The van der Waals surface area contributed by atoms with Gasteiger partial charge in [0, 0.05) is 19.8 Å². The Balaban J connectivity index is 1.86. The lowest BCUT2D eigenvalue weighted by molar-refractivity contribution is 0.0764. The lowest BCUT2D eigenvalue weighted by atomic mass is 10.2. The van der Waals surface area contributed by atoms with Gasteiger partial charge in [0.15, 0.2) is 0 Å². The largest absolute Gasteiger partial charge is 0.465 e. The number of benzene rings is 1. The Morgan fingerprint density at radius 2 is 1.83 bits per heavy atom. The molecule has 0 aromatic heterocycles. The number of amides is 1. The highest BCUT2D eigenvalue weighted by molar-refractivity contribution is 5.64. The van der Waals surface area contributed by atoms with Gasteiger partial charge in [-0.2, -0.15) is 0 Å². The summed E-state index contributed by atoms with van der Waals surface area (Å²) < 4.78 is 10.7. The van der Waals surface area contributed by atoms with E-state index in [0.29, 0.717) is 33.0 Å². The van der Waals surface area contributed by atoms with E-state index in [1.165, 1.54) is 0 Å². The van der Waals surface area contributed by atoms with Crippen molar-refractivity contribution < 1.29 is 19.4 Å². The van der Waals surface area contributed by atoms with Gasteiger partial charge in [0.1, 0.15) is 0 Å². The summed E-state index contributed by atoms with van der Waals surface area (Å²) in [4.78, 5) is 10.1. The minimum Gasteiger partial charge on any atom is -0.465 e. The van der Waals surface area contributed by atoms with Crippen molar-refractivity contribution in [3.63, 3.8) is 0 Å². The van der Waals surface area contributed by atoms with Crippen molar-refractivity contribution in [3.05, 3.63) is 35.9 Å². The number of rotatable bonds is 9. The third-order valence-electron chi connectivity index (χ3n) is 2.21. The molecule has 0 radical (unpaired) electrons. The van der Waals surface area contributed by atoms with Crippen LogP contribution in [0.2, 0.25) is 0 Å². The minimum atomic E-state index is -1.02. The topological polar surface area (TPSA) is 67.8 Å². The second-order valence-electron chi connectivity index (χ2n) is 3.74. The van der Waals surface area contributed by atoms with Crippen LogP contribution in [0.25, 0.3) is 0 Å². The maximum absolute atomic E-state index is 10.1. The molecule has 0 aliphatic heterocycles. The van der Waals surface area contributed by atoms with Gasteiger partial charge in [0.2, 0.25) is 0 Å². The molecule has 0 aliphatic carbocycles. The highest BCUT2D eigenvalue weighted by Gasteiger charge is 1.94. The fourth-order valence-corrected chi connectivity index (χ4v) is 1.36. The fourth-order valence-electron chi connectivity index (χ4n) is 1.36. The van der Waals surface area contributed by atoms with Crippen LogP contribution in [0, 0.1) is 0 Å². The summed E-state index contributed by atoms with van der Waals surface area (Å²) in [7, 11) is 0. The fraction of sp³-hybridized carbons (Fsp3) is 0.462. The van der Waals surface area contributed by atoms with Crippen molar-refractivity contribution >= 4 is 6.09 Å². The van der Waals surface area contributed by atoms with Gasteiger partial charge in [0.05, 0.1) is 13.2 Å². The van der Waals surface area contributed by atoms with Crippen LogP contribution in [0.4, 0.5) is 4.79 Å². The third kappa shape index (κ3) is 7.65. The zero-order chi connectivity index (χ0) is 13.1. The summed E-state index contributed by atoms with van der Waals surface area (Å²) in [6.07, 6.45) is -0.218. The van der Waals surface area contributed by atoms with Gasteiger partial charge in [-0.15, -0.1) is 0 Å². The molecule has 5 nitrogen and oxygen atoms in total. The van der Waals surface area contributed by atoms with E-state index in [-0.39, 0.29) is 0 Å². The van der Waals surface area contributed by atoms with Crippen LogP contribution < -0.4 is 5.32 Å². The quantitative estimate of drug-likeness (QED) is 0.659. The molecule has 1 aromatic carbocycles. The molecule has 0 aliphatic rings. The molecule has 0 saturated heterocycles. The number of carboxylic acid groups (broad SMARTS) is 1. The van der Waals surface area contributed by atoms with E-state index in [9.17, 15) is 4.79 Å². The Hall–Kier alpha value is -1.59. The Labute approximate surface area is 107 Å². The first kappa shape index (κ1) is 14.5. The van der Waals surface area contributed by atoms with Gasteiger partial charge < -0.3 is 19.9 Å². The van der Waals surface area contributed by atoms with Crippen molar-refractivity contribution in [2.24, 2.45) is 0 Å². The van der Waals surface area contributed by atoms with E-state index >= 15 is 0 Å². The zero-order valence-electron chi connectivity index (χ0n) is 10.3. The van der Waals surface area contributed by atoms with Crippen LogP contribution in [0.15, 0.2) is 30.3 Å². The molecule has 1 amide bonds. The molecular weight excluding hydrogens is 234 g/mol. The van der Waals surface area contributed by atoms with Crippen molar-refractivity contribution in [1.29, 1.82) is 0 Å². The van der Waals surface area contributed by atoms with Crippen molar-refractivity contribution in [2.45, 2.75) is 13.0 Å². The molecule has 0 heterocycles. The predicted molar refractivity (Wildman–Crippen MR) is 67.6 cm³/mol. The van der Waals surface area contributed by atoms with Crippen molar-refractivity contribution in [3.8, 4) is 0 Å². The highest BCUT2D eigenvalue weighted by Crippen LogP contribution is 2.00. The molecule has 0 saturated carbocycles. The third-order valence-corrected chi connectivity index (χ3v) is 2.21. The summed E-state index contributed by atoms with van der Waals surface area (Å²) in [5.74, 6) is 0. The van der Waals surface area contributed by atoms with Crippen molar-refractivity contribution in [2.75, 3.05) is 26.4 Å². The van der Waals surface area contributed by atoms with E-state index in [1.54, 1.807) is 0 Å². The van der Waals surface area contributed by atoms with Crippen LogP contribution in [-0.2, 0) is 16.1 Å². The Morgan fingerprint density at radius 1 is 1.11 bits per heavy atom. The smallest absolute Gasteiger partial charge is 0.404 e. The molecule has 0 atom stereocenters. The molecule has 0 fully saturated rings. The molecular formula is C13H19NO4. The average Bonchev–Trinajstić information content (AvgIpc) is 2.37. The normalized spacial score (nSPS) is 10.2. The standard InChI is InChI=1S/C13H19NO4/c15-13(16)14-7-10-17-8-4-9-18-11-12-5-2-1-3-6-12/h1-3,5-6,14H,4,7-11H2,(H,15,16). The summed E-state index contributed by atoms with van der Waals surface area (Å²) in [5.41, 5.74) is 1.16. The van der Waals surface area contributed by atoms with Gasteiger partial charge >= 0.3 is 6.09 Å². The van der Waals surface area contributed by atoms with Gasteiger partial charge in [0.25, 0.3) is 0 Å². The van der Waals surface area contributed by atoms with Gasteiger partial charge in [-0.1, -0.05) is 30.3 Å². The molecule has 18 heavy (non-hydrogen) atoms. The van der Waals surface area contributed by atoms with Crippen LogP contribution in [-0.4, -0.2) is 37.6 Å². The minimum absolute atomic E-state index is 0.320. The number of nitrogens with one attached hydrogen (secondary N) is 1. The highest BCUT2D eigenvalue weighted by atomic mass is 16.5. The molecule has 0 unspecified atom stereocenters. The molecule has 2 N–H and O–H groups in total. The maximum atomic E-state index is 10.1. The van der Waals surface area contributed by atoms with Gasteiger partial charge in [-0.3, -0.25) is 0 Å². The van der Waals surface area contributed by atoms with E-state index < -0.39 is 6.09 Å². The first-order valence-electron chi connectivity index (χ1n) is 5.95. The number of hydrogen-bond acceptors (Lipinski definition) is 3. The first-order valence-corrected chi connectivity index (χ1v) is 5.95. The lowest BCUT2D eigenvalue weighted by Gasteiger charge is -2.05. The molecule has 100 valence electrons. The summed E-state index contributed by atoms with van der Waals surface area (Å²) in [6.45, 7) is 2.55. The Morgan fingerprint density at radius 3 is 2.56 bits per heavy atom. The van der Waals surface area contributed by atoms with Gasteiger partial charge in [-0.25, -0.2) is 4.79 Å². The summed E-state index contributed by atoms with van der Waals surface area (Å²) >= 11 is 0. The molecule has 1 aromatic rings. The SMILES string of the molecule is O=C(O)NCCOCCCOCc1ccccc1. The van der Waals surface area contributed by atoms with Gasteiger partial charge in [-0.05, 0) is 12.0 Å². The number of carbonyl (C=O) groups is 1. The Bertz CT molecular complexity index is 329. The second kappa shape index (κ2) is 9.44. The number of ether oxygens (including phenoxy) is 2. The van der Waals surface area contributed by atoms with Crippen molar-refractivity contribution in [1.82, 2.24) is 5.32 Å². The van der Waals surface area contributed by atoms with Crippen LogP contribution in [0.1, 0.15) is 12.0 Å². The first-order chi connectivity index (χ1) is 8.79. The van der Waals surface area contributed by atoms with E-state index in [1.807, 2.05) is 30.3 Å². The van der Waals surface area contributed by atoms with Crippen LogP contribution in [0.5, 0.6) is 0 Å². The van der Waals surface area contributed by atoms with E-state index in [4.69, 9.17) is 14.6 Å². The maximum Gasteiger partial charge on any atom is 0.404 e. The summed E-state index contributed by atoms with van der Waals surface area (Å²) in [5, 5.41) is 10.5. The summed E-state index contributed by atoms with van der Waals surface area (Å²) in [6, 6.07) is 9.99.